The van der Waals surface area contributed by atoms with E-state index in [1.807, 2.05) is 0 Å². The first-order valence-electron chi connectivity index (χ1n) is 5.45. The minimum absolute atomic E-state index is 0.166. The molecule has 1 unspecified atom stereocenters. The van der Waals surface area contributed by atoms with E-state index < -0.39 is 29.7 Å². The smallest absolute Gasteiger partial charge is 0.410 e. The van der Waals surface area contributed by atoms with E-state index in [1.54, 1.807) is 20.8 Å². The van der Waals surface area contributed by atoms with Crippen LogP contribution in [0.15, 0.2) is 0 Å². The number of carbonyl (C=O) groups is 3. The minimum Gasteiger partial charge on any atom is -0.481 e. The highest BCUT2D eigenvalue weighted by Crippen LogP contribution is 2.13. The second kappa shape index (κ2) is 6.23. The quantitative estimate of drug-likeness (QED) is 0.769. The summed E-state index contributed by atoms with van der Waals surface area (Å²) in [6.45, 7) is 4.98. The Balaban J connectivity index is 4.65. The van der Waals surface area contributed by atoms with Gasteiger partial charge in [0.1, 0.15) is 11.6 Å². The van der Waals surface area contributed by atoms with Gasteiger partial charge in [-0.05, 0) is 27.2 Å². The van der Waals surface area contributed by atoms with Gasteiger partial charge in [-0.3, -0.25) is 9.69 Å². The lowest BCUT2D eigenvalue weighted by molar-refractivity contribution is -0.143. The Morgan fingerprint density at radius 1 is 1.22 bits per heavy atom. The highest BCUT2D eigenvalue weighted by molar-refractivity contribution is 5.80. The van der Waals surface area contributed by atoms with Crippen LogP contribution in [0.25, 0.3) is 0 Å². The molecule has 0 saturated heterocycles. The molecule has 0 heterocycles. The van der Waals surface area contributed by atoms with Crippen molar-refractivity contribution in [3.63, 3.8) is 0 Å². The largest absolute Gasteiger partial charge is 0.481 e. The van der Waals surface area contributed by atoms with E-state index in [9.17, 15) is 14.4 Å². The molecule has 0 spiro atoms. The zero-order valence-electron chi connectivity index (χ0n) is 11.0. The van der Waals surface area contributed by atoms with Crippen molar-refractivity contribution in [1.29, 1.82) is 0 Å². The first-order chi connectivity index (χ1) is 8.04. The molecule has 0 radical (unpaired) electrons. The fourth-order valence-electron chi connectivity index (χ4n) is 1.20. The molecule has 0 aromatic carbocycles. The lowest BCUT2D eigenvalue weighted by Gasteiger charge is -2.28. The van der Waals surface area contributed by atoms with E-state index in [-0.39, 0.29) is 12.8 Å². The van der Waals surface area contributed by atoms with Crippen LogP contribution in [-0.2, 0) is 14.3 Å². The summed E-state index contributed by atoms with van der Waals surface area (Å²) in [5.41, 5.74) is -0.735. The lowest BCUT2D eigenvalue weighted by Crippen LogP contribution is -2.45. The van der Waals surface area contributed by atoms with Gasteiger partial charge in [0.2, 0.25) is 0 Å². The summed E-state index contributed by atoms with van der Waals surface area (Å²) in [4.78, 5) is 33.9. The molecule has 7 heteroatoms. The summed E-state index contributed by atoms with van der Waals surface area (Å²) in [7, 11) is 1.27. The Bertz CT molecular complexity index is 333. The van der Waals surface area contributed by atoms with Crippen molar-refractivity contribution in [3.05, 3.63) is 0 Å². The highest BCUT2D eigenvalue weighted by Gasteiger charge is 2.30. The SMILES string of the molecule is CN(C(=O)OC(C)(C)C)C(CCC(=O)O)C(=O)O. The van der Waals surface area contributed by atoms with Crippen LogP contribution in [0.1, 0.15) is 33.6 Å². The van der Waals surface area contributed by atoms with Gasteiger partial charge >= 0.3 is 18.0 Å². The van der Waals surface area contributed by atoms with Gasteiger partial charge in [-0.25, -0.2) is 9.59 Å². The van der Waals surface area contributed by atoms with E-state index in [4.69, 9.17) is 14.9 Å². The van der Waals surface area contributed by atoms with Crippen LogP contribution in [0, 0.1) is 0 Å². The molecular formula is C11H19NO6. The predicted molar refractivity (Wildman–Crippen MR) is 62.3 cm³/mol. The van der Waals surface area contributed by atoms with Gasteiger partial charge in [-0.15, -0.1) is 0 Å². The number of aliphatic carboxylic acids is 2. The summed E-state index contributed by atoms with van der Waals surface area (Å²) >= 11 is 0. The van der Waals surface area contributed by atoms with Gasteiger partial charge in [0.25, 0.3) is 0 Å². The molecule has 0 aliphatic carbocycles. The molecule has 104 valence electrons. The standard InChI is InChI=1S/C11H19NO6/c1-11(2,3)18-10(17)12(4)7(9(15)16)5-6-8(13)14/h7H,5-6H2,1-4H3,(H,13,14)(H,15,16). The van der Waals surface area contributed by atoms with E-state index in [2.05, 4.69) is 0 Å². The summed E-state index contributed by atoms with van der Waals surface area (Å²) in [5.74, 6) is -2.37. The molecule has 0 aromatic heterocycles. The Morgan fingerprint density at radius 2 is 1.72 bits per heavy atom. The van der Waals surface area contributed by atoms with Crippen molar-refractivity contribution in [2.75, 3.05) is 7.05 Å². The monoisotopic (exact) mass is 261 g/mol. The van der Waals surface area contributed by atoms with Crippen LogP contribution in [0.2, 0.25) is 0 Å². The van der Waals surface area contributed by atoms with Gasteiger partial charge in [-0.1, -0.05) is 0 Å². The molecule has 2 N–H and O–H groups in total. The highest BCUT2D eigenvalue weighted by atomic mass is 16.6. The van der Waals surface area contributed by atoms with Gasteiger partial charge in [0.15, 0.2) is 0 Å². The van der Waals surface area contributed by atoms with Crippen LogP contribution in [-0.4, -0.2) is 51.8 Å². The third-order valence-electron chi connectivity index (χ3n) is 2.07. The molecule has 0 saturated carbocycles. The van der Waals surface area contributed by atoms with Crippen LogP contribution < -0.4 is 0 Å². The number of likely N-dealkylation sites (N-methyl/N-ethyl adjacent to an activating group) is 1. The summed E-state index contributed by atoms with van der Waals surface area (Å²) < 4.78 is 5.01. The van der Waals surface area contributed by atoms with Crippen molar-refractivity contribution in [2.24, 2.45) is 0 Å². The molecule has 0 aliphatic rings. The zero-order valence-corrected chi connectivity index (χ0v) is 11.0. The van der Waals surface area contributed by atoms with Crippen LogP contribution in [0.4, 0.5) is 4.79 Å². The normalized spacial score (nSPS) is 12.7. The van der Waals surface area contributed by atoms with Gasteiger partial charge in [-0.2, -0.15) is 0 Å². The Hall–Kier alpha value is -1.79. The molecule has 0 aromatic rings. The molecular weight excluding hydrogens is 242 g/mol. The zero-order chi connectivity index (χ0) is 14.5. The number of hydrogen-bond acceptors (Lipinski definition) is 4. The third kappa shape index (κ3) is 6.07. The predicted octanol–water partition coefficient (Wildman–Crippen LogP) is 1.17. The average molecular weight is 261 g/mol. The molecule has 0 rings (SSSR count). The first kappa shape index (κ1) is 16.2. The van der Waals surface area contributed by atoms with E-state index in [0.717, 1.165) is 4.90 Å². The minimum atomic E-state index is -1.26. The number of ether oxygens (including phenoxy) is 1. The van der Waals surface area contributed by atoms with Gasteiger partial charge in [0, 0.05) is 13.5 Å². The first-order valence-corrected chi connectivity index (χ1v) is 5.45. The van der Waals surface area contributed by atoms with Crippen LogP contribution >= 0.6 is 0 Å². The number of nitrogens with zero attached hydrogens (tertiary/aromatic N) is 1. The summed E-state index contributed by atoms with van der Waals surface area (Å²) in [6.07, 6.45) is -1.29. The molecule has 7 nitrogen and oxygen atoms in total. The fraction of sp³-hybridized carbons (Fsp3) is 0.727. The van der Waals surface area contributed by atoms with E-state index in [0.29, 0.717) is 0 Å². The Morgan fingerprint density at radius 3 is 2.06 bits per heavy atom. The maximum absolute atomic E-state index is 11.6. The van der Waals surface area contributed by atoms with Crippen molar-refractivity contribution < 1.29 is 29.3 Å². The summed E-state index contributed by atoms with van der Waals surface area (Å²) in [5, 5.41) is 17.5. The molecule has 0 aliphatic heterocycles. The topological polar surface area (TPSA) is 104 Å². The molecule has 1 amide bonds. The summed E-state index contributed by atoms with van der Waals surface area (Å²) in [6, 6.07) is -1.21. The molecule has 1 atom stereocenters. The molecule has 18 heavy (non-hydrogen) atoms. The van der Waals surface area contributed by atoms with E-state index >= 15 is 0 Å². The van der Waals surface area contributed by atoms with Crippen molar-refractivity contribution in [1.82, 2.24) is 4.90 Å². The Kier molecular flexibility index (Phi) is 5.61. The van der Waals surface area contributed by atoms with Crippen molar-refractivity contribution in [3.8, 4) is 0 Å². The number of carboxylic acid groups (broad SMARTS) is 2. The maximum Gasteiger partial charge on any atom is 0.410 e. The molecule has 0 fully saturated rings. The fourth-order valence-corrected chi connectivity index (χ4v) is 1.20. The van der Waals surface area contributed by atoms with Gasteiger partial charge in [0.05, 0.1) is 0 Å². The lowest BCUT2D eigenvalue weighted by atomic mass is 10.1. The second-order valence-electron chi connectivity index (χ2n) is 4.88. The third-order valence-corrected chi connectivity index (χ3v) is 2.07. The number of hydrogen-bond donors (Lipinski definition) is 2. The van der Waals surface area contributed by atoms with Crippen LogP contribution in [0.3, 0.4) is 0 Å². The molecule has 0 bridgehead atoms. The number of amides is 1. The van der Waals surface area contributed by atoms with Crippen molar-refractivity contribution in [2.45, 2.75) is 45.3 Å². The maximum atomic E-state index is 11.6. The number of carboxylic acids is 2. The second-order valence-corrected chi connectivity index (χ2v) is 4.88. The van der Waals surface area contributed by atoms with Gasteiger partial charge < -0.3 is 14.9 Å². The Labute approximate surface area is 105 Å². The average Bonchev–Trinajstić information content (AvgIpc) is 2.13. The van der Waals surface area contributed by atoms with Crippen molar-refractivity contribution >= 4 is 18.0 Å². The number of carbonyl (C=O) groups excluding carboxylic acids is 1. The van der Waals surface area contributed by atoms with E-state index in [1.165, 1.54) is 7.05 Å². The van der Waals surface area contributed by atoms with Crippen LogP contribution in [0.5, 0.6) is 0 Å². The number of rotatable bonds is 5.